The molecule has 0 saturated carbocycles. The molecule has 2 atom stereocenters. The minimum atomic E-state index is -0.949. The van der Waals surface area contributed by atoms with E-state index in [4.69, 9.17) is 11.6 Å². The number of carbonyl (C=O) groups is 1. The molecule has 0 aliphatic carbocycles. The van der Waals surface area contributed by atoms with E-state index in [1.807, 2.05) is 13.0 Å². The molecule has 122 valence electrons. The second-order valence-electron chi connectivity index (χ2n) is 5.37. The van der Waals surface area contributed by atoms with Gasteiger partial charge < -0.3 is 15.7 Å². The average Bonchev–Trinajstić information content (AvgIpc) is 2.50. The molecule has 0 fully saturated rings. The van der Waals surface area contributed by atoms with Gasteiger partial charge in [-0.25, -0.2) is 9.18 Å². The van der Waals surface area contributed by atoms with Crippen LogP contribution in [0.3, 0.4) is 0 Å². The van der Waals surface area contributed by atoms with Crippen LogP contribution in [0.4, 0.5) is 14.9 Å². The molecule has 23 heavy (non-hydrogen) atoms. The number of urea groups is 1. The Bertz CT molecular complexity index is 691. The molecule has 2 rings (SSSR count). The van der Waals surface area contributed by atoms with E-state index in [-0.39, 0.29) is 5.82 Å². The van der Waals surface area contributed by atoms with Gasteiger partial charge in [-0.2, -0.15) is 0 Å². The highest BCUT2D eigenvalue weighted by molar-refractivity contribution is 6.33. The highest BCUT2D eigenvalue weighted by Gasteiger charge is 2.18. The van der Waals surface area contributed by atoms with E-state index in [9.17, 15) is 14.3 Å². The van der Waals surface area contributed by atoms with Gasteiger partial charge in [-0.15, -0.1) is 0 Å². The fraction of sp³-hybridized carbons (Fsp3) is 0.235. The van der Waals surface area contributed by atoms with Crippen LogP contribution in [-0.4, -0.2) is 17.2 Å². The summed E-state index contributed by atoms with van der Waals surface area (Å²) in [7, 11) is 0. The van der Waals surface area contributed by atoms with E-state index in [2.05, 4.69) is 10.6 Å². The maximum atomic E-state index is 12.9. The summed E-state index contributed by atoms with van der Waals surface area (Å²) in [6, 6.07) is 9.72. The topological polar surface area (TPSA) is 61.4 Å². The van der Waals surface area contributed by atoms with Crippen LogP contribution in [0.1, 0.15) is 24.2 Å². The molecular weight excluding hydrogens is 319 g/mol. The Kier molecular flexibility index (Phi) is 5.58. The molecule has 0 heterocycles. The fourth-order valence-electron chi connectivity index (χ4n) is 2.11. The number of aliphatic hydroxyl groups excluding tert-OH is 1. The number of benzene rings is 2. The summed E-state index contributed by atoms with van der Waals surface area (Å²) in [6.07, 6.45) is -0.949. The predicted octanol–water partition coefficient (Wildman–Crippen LogP) is 4.03. The average molecular weight is 337 g/mol. The number of amides is 2. The van der Waals surface area contributed by atoms with Crippen molar-refractivity contribution in [2.24, 2.45) is 0 Å². The summed E-state index contributed by atoms with van der Waals surface area (Å²) < 4.78 is 12.9. The summed E-state index contributed by atoms with van der Waals surface area (Å²) in [5.74, 6) is -0.381. The number of nitrogens with one attached hydrogen (secondary N) is 2. The van der Waals surface area contributed by atoms with Crippen LogP contribution >= 0.6 is 11.6 Å². The monoisotopic (exact) mass is 336 g/mol. The van der Waals surface area contributed by atoms with Crippen molar-refractivity contribution in [2.75, 3.05) is 5.32 Å². The number of rotatable bonds is 4. The van der Waals surface area contributed by atoms with Gasteiger partial charge in [0.1, 0.15) is 5.82 Å². The van der Waals surface area contributed by atoms with E-state index in [1.165, 1.54) is 24.3 Å². The van der Waals surface area contributed by atoms with Crippen molar-refractivity contribution in [1.82, 2.24) is 5.32 Å². The Morgan fingerprint density at radius 1 is 1.22 bits per heavy atom. The van der Waals surface area contributed by atoms with E-state index in [0.29, 0.717) is 16.3 Å². The zero-order valence-corrected chi connectivity index (χ0v) is 13.6. The van der Waals surface area contributed by atoms with Gasteiger partial charge in [-0.3, -0.25) is 0 Å². The first-order valence-corrected chi connectivity index (χ1v) is 7.52. The van der Waals surface area contributed by atoms with Crippen LogP contribution in [-0.2, 0) is 0 Å². The Morgan fingerprint density at radius 3 is 2.48 bits per heavy atom. The van der Waals surface area contributed by atoms with Crippen LogP contribution < -0.4 is 10.6 Å². The molecule has 3 N–H and O–H groups in total. The summed E-state index contributed by atoms with van der Waals surface area (Å²) in [6.45, 7) is 3.56. The summed E-state index contributed by atoms with van der Waals surface area (Å²) in [5, 5.41) is 15.9. The smallest absolute Gasteiger partial charge is 0.319 e. The van der Waals surface area contributed by atoms with Crippen molar-refractivity contribution in [1.29, 1.82) is 0 Å². The van der Waals surface area contributed by atoms with Gasteiger partial charge in [-0.1, -0.05) is 29.8 Å². The van der Waals surface area contributed by atoms with Gasteiger partial charge >= 0.3 is 6.03 Å². The Balaban J connectivity index is 1.97. The van der Waals surface area contributed by atoms with Gasteiger partial charge in [-0.05, 0) is 49.2 Å². The van der Waals surface area contributed by atoms with Gasteiger partial charge in [0.2, 0.25) is 0 Å². The minimum absolute atomic E-state index is 0.381. The number of halogens is 2. The molecule has 0 aromatic heterocycles. The van der Waals surface area contributed by atoms with Crippen molar-refractivity contribution >= 4 is 23.3 Å². The van der Waals surface area contributed by atoms with Gasteiger partial charge in [0.05, 0.1) is 22.9 Å². The highest BCUT2D eigenvalue weighted by Crippen LogP contribution is 2.23. The second-order valence-corrected chi connectivity index (χ2v) is 5.77. The third-order valence-electron chi connectivity index (χ3n) is 3.42. The predicted molar refractivity (Wildman–Crippen MR) is 89.2 cm³/mol. The van der Waals surface area contributed by atoms with Crippen LogP contribution in [0.5, 0.6) is 0 Å². The van der Waals surface area contributed by atoms with E-state index < -0.39 is 18.2 Å². The zero-order valence-electron chi connectivity index (χ0n) is 12.8. The first-order chi connectivity index (χ1) is 10.9. The Hall–Kier alpha value is -2.11. The Morgan fingerprint density at radius 2 is 1.87 bits per heavy atom. The molecule has 2 unspecified atom stereocenters. The molecule has 0 spiro atoms. The molecule has 0 saturated heterocycles. The number of anilines is 1. The first kappa shape index (κ1) is 17.2. The van der Waals surface area contributed by atoms with Crippen LogP contribution in [0, 0.1) is 12.7 Å². The lowest BCUT2D eigenvalue weighted by Crippen LogP contribution is -2.39. The van der Waals surface area contributed by atoms with Crippen molar-refractivity contribution in [3.63, 3.8) is 0 Å². The molecule has 2 aromatic carbocycles. The van der Waals surface area contributed by atoms with Gasteiger partial charge in [0.15, 0.2) is 0 Å². The van der Waals surface area contributed by atoms with Crippen molar-refractivity contribution < 1.29 is 14.3 Å². The number of hydrogen-bond acceptors (Lipinski definition) is 2. The quantitative estimate of drug-likeness (QED) is 0.789. The zero-order chi connectivity index (χ0) is 17.0. The van der Waals surface area contributed by atoms with Gasteiger partial charge in [0.25, 0.3) is 0 Å². The van der Waals surface area contributed by atoms with E-state index in [1.54, 1.807) is 19.1 Å². The second kappa shape index (κ2) is 7.44. The van der Waals surface area contributed by atoms with Crippen LogP contribution in [0.25, 0.3) is 0 Å². The van der Waals surface area contributed by atoms with E-state index >= 15 is 0 Å². The summed E-state index contributed by atoms with van der Waals surface area (Å²) in [5.41, 5.74) is 1.99. The fourth-order valence-corrected chi connectivity index (χ4v) is 2.40. The molecule has 0 bridgehead atoms. The third kappa shape index (κ3) is 4.68. The number of carbonyl (C=O) groups excluding carboxylic acids is 1. The molecule has 0 aliphatic heterocycles. The molecule has 2 amide bonds. The maximum absolute atomic E-state index is 12.9. The normalized spacial score (nSPS) is 13.3. The number of hydrogen-bond donors (Lipinski definition) is 3. The molecule has 2 aromatic rings. The number of aryl methyl sites for hydroxylation is 1. The van der Waals surface area contributed by atoms with Crippen molar-refractivity contribution in [2.45, 2.75) is 26.0 Å². The SMILES string of the molecule is Cc1ccc(NC(=O)NC(C)C(O)c2ccc(F)cc2)c(Cl)c1. The molecule has 0 radical (unpaired) electrons. The standard InChI is InChI=1S/C17H18ClFN2O2/c1-10-3-8-15(14(18)9-10)21-17(23)20-11(2)16(22)12-4-6-13(19)7-5-12/h3-9,11,16,22H,1-2H3,(H2,20,21,23). The number of aliphatic hydroxyl groups is 1. The Labute approximate surface area is 139 Å². The highest BCUT2D eigenvalue weighted by atomic mass is 35.5. The molecule has 6 heteroatoms. The maximum Gasteiger partial charge on any atom is 0.319 e. The molecular formula is C17H18ClFN2O2. The lowest BCUT2D eigenvalue weighted by Gasteiger charge is -2.21. The van der Waals surface area contributed by atoms with Gasteiger partial charge in [0, 0.05) is 0 Å². The lowest BCUT2D eigenvalue weighted by atomic mass is 10.0. The van der Waals surface area contributed by atoms with Crippen molar-refractivity contribution in [3.05, 3.63) is 64.4 Å². The van der Waals surface area contributed by atoms with Crippen LogP contribution in [0.2, 0.25) is 5.02 Å². The summed E-state index contributed by atoms with van der Waals surface area (Å²) >= 11 is 6.06. The van der Waals surface area contributed by atoms with Crippen molar-refractivity contribution in [3.8, 4) is 0 Å². The molecule has 4 nitrogen and oxygen atoms in total. The summed E-state index contributed by atoms with van der Waals surface area (Å²) in [4.78, 5) is 12.0. The largest absolute Gasteiger partial charge is 0.386 e. The third-order valence-corrected chi connectivity index (χ3v) is 3.73. The molecule has 0 aliphatic rings. The first-order valence-electron chi connectivity index (χ1n) is 7.14. The lowest BCUT2D eigenvalue weighted by molar-refractivity contribution is 0.139. The van der Waals surface area contributed by atoms with E-state index in [0.717, 1.165) is 5.56 Å². The minimum Gasteiger partial charge on any atom is -0.386 e. The van der Waals surface area contributed by atoms with Crippen LogP contribution in [0.15, 0.2) is 42.5 Å².